The summed E-state index contributed by atoms with van der Waals surface area (Å²) in [4.78, 5) is 39.3. The molecule has 1 fully saturated rings. The number of nitrogens with two attached hydrogens (primary N) is 1. The quantitative estimate of drug-likeness (QED) is 0.511. The number of nitrogens with one attached hydrogen (secondary N) is 1. The highest BCUT2D eigenvalue weighted by Crippen LogP contribution is 2.31. The van der Waals surface area contributed by atoms with E-state index in [9.17, 15) is 18.8 Å². The van der Waals surface area contributed by atoms with Crippen molar-refractivity contribution in [2.45, 2.75) is 38.9 Å². The van der Waals surface area contributed by atoms with Crippen LogP contribution in [0.5, 0.6) is 0 Å². The number of fused-ring (bicyclic) bond motifs is 1. The van der Waals surface area contributed by atoms with Crippen LogP contribution in [0.1, 0.15) is 35.8 Å². The van der Waals surface area contributed by atoms with E-state index >= 15 is 0 Å². The molecule has 10 heteroatoms. The number of hydrogen-bond acceptors (Lipinski definition) is 4. The Bertz CT molecular complexity index is 1250. The van der Waals surface area contributed by atoms with Crippen molar-refractivity contribution in [1.29, 1.82) is 0 Å². The monoisotopic (exact) mass is 485 g/mol. The number of hydrogen-bond donors (Lipinski definition) is 2. The van der Waals surface area contributed by atoms with Gasteiger partial charge in [0.2, 0.25) is 11.8 Å². The lowest BCUT2D eigenvalue weighted by Crippen LogP contribution is -2.52. The highest BCUT2D eigenvalue weighted by molar-refractivity contribution is 6.30. The first-order valence-corrected chi connectivity index (χ1v) is 11.4. The van der Waals surface area contributed by atoms with Crippen LogP contribution in [-0.2, 0) is 22.7 Å². The van der Waals surface area contributed by atoms with E-state index < -0.39 is 17.6 Å². The largest absolute Gasteiger partial charge is 0.364 e. The number of carbonyl (C=O) groups excluding carboxylic acids is 3. The molecule has 1 saturated carbocycles. The summed E-state index contributed by atoms with van der Waals surface area (Å²) in [5, 5.41) is 7.45. The van der Waals surface area contributed by atoms with Gasteiger partial charge in [-0.2, -0.15) is 5.10 Å². The minimum atomic E-state index is -0.681. The molecule has 8 nitrogen and oxygen atoms in total. The minimum absolute atomic E-state index is 0.0196. The third kappa shape index (κ3) is 4.89. The molecule has 0 unspecified atom stereocenters. The molecule has 0 saturated heterocycles. The maximum absolute atomic E-state index is 14.1. The van der Waals surface area contributed by atoms with Crippen LogP contribution in [0.2, 0.25) is 5.02 Å². The molecule has 1 aromatic heterocycles. The van der Waals surface area contributed by atoms with Gasteiger partial charge in [-0.1, -0.05) is 48.9 Å². The Kier molecular flexibility index (Phi) is 6.83. The predicted molar refractivity (Wildman–Crippen MR) is 125 cm³/mol. The van der Waals surface area contributed by atoms with Crippen molar-refractivity contribution in [2.75, 3.05) is 6.54 Å². The van der Waals surface area contributed by atoms with Gasteiger partial charge in [-0.15, -0.1) is 0 Å². The molecule has 0 radical (unpaired) electrons. The number of primary amides is 1. The molecule has 1 aliphatic rings. The van der Waals surface area contributed by atoms with Crippen LogP contribution in [0, 0.1) is 11.7 Å². The lowest BCUT2D eigenvalue weighted by atomic mass is 9.80. The molecule has 2 aromatic carbocycles. The zero-order valence-corrected chi connectivity index (χ0v) is 19.4. The van der Waals surface area contributed by atoms with Crippen molar-refractivity contribution in [3.05, 3.63) is 64.6 Å². The fourth-order valence-corrected chi connectivity index (χ4v) is 4.47. The fourth-order valence-electron chi connectivity index (χ4n) is 4.27. The van der Waals surface area contributed by atoms with E-state index in [1.165, 1.54) is 21.7 Å². The van der Waals surface area contributed by atoms with E-state index in [0.29, 0.717) is 16.8 Å². The molecule has 0 bridgehead atoms. The van der Waals surface area contributed by atoms with Crippen molar-refractivity contribution in [3.63, 3.8) is 0 Å². The summed E-state index contributed by atoms with van der Waals surface area (Å²) in [6.45, 7) is 1.73. The lowest BCUT2D eigenvalue weighted by molar-refractivity contribution is -0.141. The van der Waals surface area contributed by atoms with Gasteiger partial charge in [0, 0.05) is 23.5 Å². The van der Waals surface area contributed by atoms with Gasteiger partial charge in [-0.25, -0.2) is 4.39 Å². The van der Waals surface area contributed by atoms with Crippen LogP contribution in [-0.4, -0.2) is 45.0 Å². The van der Waals surface area contributed by atoms with E-state index in [4.69, 9.17) is 17.3 Å². The van der Waals surface area contributed by atoms with Gasteiger partial charge in [-0.3, -0.25) is 19.1 Å². The maximum Gasteiger partial charge on any atom is 0.269 e. The van der Waals surface area contributed by atoms with E-state index in [2.05, 4.69) is 17.3 Å². The van der Waals surface area contributed by atoms with E-state index in [1.54, 1.807) is 30.3 Å². The molecule has 1 aliphatic carbocycles. The van der Waals surface area contributed by atoms with Gasteiger partial charge >= 0.3 is 0 Å². The van der Waals surface area contributed by atoms with Gasteiger partial charge in [-0.05, 0) is 30.9 Å². The molecule has 3 aromatic rings. The summed E-state index contributed by atoms with van der Waals surface area (Å²) >= 11 is 5.80. The van der Waals surface area contributed by atoms with E-state index in [-0.39, 0.29) is 47.9 Å². The third-order valence-corrected chi connectivity index (χ3v) is 6.40. The van der Waals surface area contributed by atoms with Gasteiger partial charge in [0.05, 0.1) is 17.1 Å². The molecular weight excluding hydrogens is 461 g/mol. The Morgan fingerprint density at radius 2 is 1.94 bits per heavy atom. The standard InChI is InChI=1S/C24H25ClFN5O3/c1-14-9-16(10-14)30(12-20(32)28-11-15-5-4-7-18(25)22(15)26)21(33)13-31-19-8-3-2-6-17(19)23(29-31)24(27)34/h2-8,14,16H,9-13H2,1H3,(H2,27,34)(H,28,32). The van der Waals surface area contributed by atoms with Gasteiger partial charge < -0.3 is 16.0 Å². The topological polar surface area (TPSA) is 110 Å². The second-order valence-electron chi connectivity index (χ2n) is 8.63. The number of amides is 3. The molecule has 4 rings (SSSR count). The van der Waals surface area contributed by atoms with Crippen molar-refractivity contribution in [1.82, 2.24) is 20.0 Å². The second kappa shape index (κ2) is 9.80. The molecule has 0 aliphatic heterocycles. The van der Waals surface area contributed by atoms with Crippen molar-refractivity contribution >= 4 is 40.2 Å². The average Bonchev–Trinajstić information content (AvgIpc) is 3.15. The maximum atomic E-state index is 14.1. The number of para-hydroxylation sites is 1. The highest BCUT2D eigenvalue weighted by Gasteiger charge is 2.35. The summed E-state index contributed by atoms with van der Waals surface area (Å²) in [5.41, 5.74) is 6.40. The molecule has 178 valence electrons. The fraction of sp³-hybridized carbons (Fsp3) is 0.333. The number of carbonyl (C=O) groups is 3. The number of rotatable bonds is 8. The SMILES string of the molecule is CC1CC(N(CC(=O)NCc2cccc(Cl)c2F)C(=O)Cn2nc(C(N)=O)c3ccccc32)C1. The Hall–Kier alpha value is -3.46. The van der Waals surface area contributed by atoms with Crippen LogP contribution in [0.3, 0.4) is 0 Å². The number of aromatic nitrogens is 2. The Balaban J connectivity index is 1.49. The zero-order valence-electron chi connectivity index (χ0n) is 18.6. The van der Waals surface area contributed by atoms with E-state index in [1.807, 2.05) is 0 Å². The Morgan fingerprint density at radius 1 is 1.21 bits per heavy atom. The Labute approximate surface area is 200 Å². The number of benzene rings is 2. The van der Waals surface area contributed by atoms with Crippen molar-refractivity contribution in [3.8, 4) is 0 Å². The zero-order chi connectivity index (χ0) is 24.4. The molecule has 0 spiro atoms. The predicted octanol–water partition coefficient (Wildman–Crippen LogP) is 2.87. The van der Waals surface area contributed by atoms with Crippen LogP contribution >= 0.6 is 11.6 Å². The average molecular weight is 486 g/mol. The lowest BCUT2D eigenvalue weighted by Gasteiger charge is -2.41. The highest BCUT2D eigenvalue weighted by atomic mass is 35.5. The minimum Gasteiger partial charge on any atom is -0.364 e. The number of halogens is 2. The van der Waals surface area contributed by atoms with Crippen molar-refractivity contribution in [2.24, 2.45) is 11.7 Å². The van der Waals surface area contributed by atoms with Gasteiger partial charge in [0.1, 0.15) is 12.4 Å². The van der Waals surface area contributed by atoms with Crippen LogP contribution < -0.4 is 11.1 Å². The van der Waals surface area contributed by atoms with Gasteiger partial charge in [0.15, 0.2) is 5.69 Å². The van der Waals surface area contributed by atoms with Gasteiger partial charge in [0.25, 0.3) is 5.91 Å². The summed E-state index contributed by atoms with van der Waals surface area (Å²) in [7, 11) is 0. The molecule has 34 heavy (non-hydrogen) atoms. The van der Waals surface area contributed by atoms with Crippen molar-refractivity contribution < 1.29 is 18.8 Å². The summed E-state index contributed by atoms with van der Waals surface area (Å²) in [6.07, 6.45) is 1.57. The molecule has 1 heterocycles. The molecular formula is C24H25ClFN5O3. The van der Waals surface area contributed by atoms with Crippen LogP contribution in [0.25, 0.3) is 10.9 Å². The first-order chi connectivity index (χ1) is 16.2. The summed E-state index contributed by atoms with van der Waals surface area (Å²) < 4.78 is 15.6. The molecule has 3 amide bonds. The molecule has 3 N–H and O–H groups in total. The van der Waals surface area contributed by atoms with E-state index in [0.717, 1.165) is 12.8 Å². The first kappa shape index (κ1) is 23.7. The normalized spacial score (nSPS) is 17.3. The Morgan fingerprint density at radius 3 is 2.65 bits per heavy atom. The van der Waals surface area contributed by atoms with Crippen LogP contribution in [0.15, 0.2) is 42.5 Å². The first-order valence-electron chi connectivity index (χ1n) is 11.0. The third-order valence-electron chi connectivity index (χ3n) is 6.11. The van der Waals surface area contributed by atoms with Crippen LogP contribution in [0.4, 0.5) is 4.39 Å². The number of nitrogens with zero attached hydrogens (tertiary/aromatic N) is 3. The smallest absolute Gasteiger partial charge is 0.269 e. The second-order valence-corrected chi connectivity index (χ2v) is 9.04. The summed E-state index contributed by atoms with van der Waals surface area (Å²) in [5.74, 6) is -1.52. The summed E-state index contributed by atoms with van der Waals surface area (Å²) in [6, 6.07) is 11.5. The molecule has 0 atom stereocenters.